The molecule has 0 unspecified atom stereocenters. The van der Waals surface area contributed by atoms with Gasteiger partial charge in [0.2, 0.25) is 0 Å². The van der Waals surface area contributed by atoms with Gasteiger partial charge in [-0.05, 0) is 44.2 Å². The number of ether oxygens (including phenoxy) is 6. The van der Waals surface area contributed by atoms with Gasteiger partial charge in [-0.2, -0.15) is 10.2 Å². The molecule has 2 aromatic carbocycles. The predicted molar refractivity (Wildman–Crippen MR) is 390 cm³/mol. The quantitative estimate of drug-likeness (QED) is 0.0138. The van der Waals surface area contributed by atoms with Gasteiger partial charge >= 0.3 is 41.8 Å². The molecule has 0 radical (unpaired) electrons. The number of hydrogen-bond donors (Lipinski definition) is 3. The number of hydrogen-bond acceptors (Lipinski definition) is 25. The van der Waals surface area contributed by atoms with Crippen molar-refractivity contribution in [1.82, 2.24) is 49.5 Å². The first-order valence-electron chi connectivity index (χ1n) is 37.9. The standard InChI is InChI=1S/2C23H40O8.2C16H14F3N5O/c2*1-3-5-7-9-11-13-21(26)29-17-19(31-23(28)16-15-20(24)25)18-30-22(27)14-12-10-8-6-4-2;2*1-10(15-14(19)5-20-7-22-15)16(25,6-24-9-21-8-23-24)12-3-2-11(17)4-13(12)18/h2*19H,3-18H2,1-2H3,(H,24,25);2*2-5,7-10,25H,6H2,1H3/p-1/t;;2*10-,16+/m..00/s1. The van der Waals surface area contributed by atoms with Gasteiger partial charge in [0.25, 0.3) is 0 Å². The molecule has 4 aromatic heterocycles. The topological polar surface area (TPSA) is 389 Å². The molecule has 0 bridgehead atoms. The highest BCUT2D eigenvalue weighted by atomic mass is 19.2. The smallest absolute Gasteiger partial charge is 0.306 e. The number of carboxylic acids is 2. The van der Waals surface area contributed by atoms with E-state index in [4.69, 9.17) is 33.5 Å². The molecule has 6 aromatic rings. The number of nitrogens with zero attached hydrogens (tertiary/aromatic N) is 10. The first-order chi connectivity index (χ1) is 53.6. The van der Waals surface area contributed by atoms with Crippen molar-refractivity contribution in [2.24, 2.45) is 0 Å². The van der Waals surface area contributed by atoms with Gasteiger partial charge < -0.3 is 53.6 Å². The Bertz CT molecular complexity index is 3440. The fourth-order valence-corrected chi connectivity index (χ4v) is 11.1. The fourth-order valence-electron chi connectivity index (χ4n) is 11.1. The van der Waals surface area contributed by atoms with E-state index in [1.807, 2.05) is 0 Å². The van der Waals surface area contributed by atoms with E-state index >= 15 is 0 Å². The van der Waals surface area contributed by atoms with E-state index in [0.29, 0.717) is 12.1 Å². The molecule has 6 rings (SSSR count). The van der Waals surface area contributed by atoms with Crippen molar-refractivity contribution in [2.45, 2.75) is 270 Å². The summed E-state index contributed by atoms with van der Waals surface area (Å²) < 4.78 is 117. The van der Waals surface area contributed by atoms with Crippen LogP contribution in [0.25, 0.3) is 0 Å². The molecule has 0 aliphatic carbocycles. The predicted octanol–water partition coefficient (Wildman–Crippen LogP) is 12.2. The maximum atomic E-state index is 14.4. The van der Waals surface area contributed by atoms with Gasteiger partial charge in [0.1, 0.15) is 98.9 Å². The van der Waals surface area contributed by atoms with Crippen LogP contribution in [0.15, 0.2) is 86.8 Å². The third-order valence-electron chi connectivity index (χ3n) is 17.5. The minimum atomic E-state index is -1.96. The van der Waals surface area contributed by atoms with E-state index < -0.39 is 124 Å². The van der Waals surface area contributed by atoms with Gasteiger partial charge in [-0.1, -0.05) is 156 Å². The first kappa shape index (κ1) is 96.3. The molecular formula is C78H107F6N10O18-. The van der Waals surface area contributed by atoms with Crippen LogP contribution in [0.5, 0.6) is 0 Å². The Balaban J connectivity index is 0.000000388. The number of halogens is 6. The second kappa shape index (κ2) is 54.7. The van der Waals surface area contributed by atoms with Gasteiger partial charge in [0.05, 0.1) is 56.1 Å². The summed E-state index contributed by atoms with van der Waals surface area (Å²) in [6.07, 6.45) is 27.0. The molecule has 3 N–H and O–H groups in total. The molecule has 112 heavy (non-hydrogen) atoms. The highest BCUT2D eigenvalue weighted by Gasteiger charge is 2.43. The highest BCUT2D eigenvalue weighted by Crippen LogP contribution is 2.41. The number of aliphatic hydroxyl groups is 2. The van der Waals surface area contributed by atoms with E-state index in [1.165, 1.54) is 48.5 Å². The number of aliphatic carboxylic acids is 2. The maximum Gasteiger partial charge on any atom is 0.306 e. The average Bonchev–Trinajstić information content (AvgIpc) is 0.894. The molecule has 28 nitrogen and oxygen atoms in total. The third-order valence-corrected chi connectivity index (χ3v) is 17.5. The van der Waals surface area contributed by atoms with Crippen molar-refractivity contribution < 1.29 is 114 Å². The first-order valence-corrected chi connectivity index (χ1v) is 37.9. The van der Waals surface area contributed by atoms with Crippen LogP contribution in [-0.2, 0) is 91.1 Å². The summed E-state index contributed by atoms with van der Waals surface area (Å²) in [6.45, 7) is 10.0. The van der Waals surface area contributed by atoms with Gasteiger partial charge in [0, 0.05) is 66.7 Å². The number of carbonyl (C=O) groups excluding carboxylic acids is 7. The molecule has 0 aliphatic heterocycles. The zero-order valence-electron chi connectivity index (χ0n) is 64.6. The summed E-state index contributed by atoms with van der Waals surface area (Å²) in [7, 11) is 0. The van der Waals surface area contributed by atoms with Crippen LogP contribution < -0.4 is 5.11 Å². The molecule has 0 saturated carbocycles. The van der Waals surface area contributed by atoms with Crippen LogP contribution >= 0.6 is 0 Å². The molecule has 34 heteroatoms. The number of rotatable bonds is 50. The van der Waals surface area contributed by atoms with Crippen LogP contribution in [-0.4, -0.2) is 151 Å². The number of esters is 6. The lowest BCUT2D eigenvalue weighted by Crippen LogP contribution is -2.39. The maximum absolute atomic E-state index is 14.4. The van der Waals surface area contributed by atoms with Crippen LogP contribution in [0.1, 0.15) is 256 Å². The summed E-state index contributed by atoms with van der Waals surface area (Å²) in [5, 5.41) is 49.5. The summed E-state index contributed by atoms with van der Waals surface area (Å²) >= 11 is 0. The van der Waals surface area contributed by atoms with Gasteiger partial charge in [-0.15, -0.1) is 0 Å². The third kappa shape index (κ3) is 38.4. The van der Waals surface area contributed by atoms with Crippen molar-refractivity contribution in [3.63, 3.8) is 0 Å². The number of carbonyl (C=O) groups is 8. The van der Waals surface area contributed by atoms with Crippen molar-refractivity contribution >= 4 is 47.8 Å². The van der Waals surface area contributed by atoms with Crippen LogP contribution in [0.4, 0.5) is 26.3 Å². The lowest BCUT2D eigenvalue weighted by Gasteiger charge is -2.34. The monoisotopic (exact) mass is 1590 g/mol. The van der Waals surface area contributed by atoms with Crippen molar-refractivity contribution in [3.05, 3.63) is 144 Å². The Hall–Kier alpha value is -9.86. The van der Waals surface area contributed by atoms with E-state index in [9.17, 15) is 80.0 Å². The summed E-state index contributed by atoms with van der Waals surface area (Å²) in [5.41, 5.74) is -4.51. The number of unbranched alkanes of at least 4 members (excludes halogenated alkanes) is 16. The van der Waals surface area contributed by atoms with E-state index in [2.05, 4.69) is 67.8 Å². The van der Waals surface area contributed by atoms with Gasteiger partial charge in [0.15, 0.2) is 23.8 Å². The molecular weight excluding hydrogens is 1480 g/mol. The van der Waals surface area contributed by atoms with Crippen LogP contribution in [0, 0.1) is 34.9 Å². The van der Waals surface area contributed by atoms with E-state index in [1.54, 1.807) is 0 Å². The second-order valence-electron chi connectivity index (χ2n) is 26.6. The summed E-state index contributed by atoms with van der Waals surface area (Å²) in [4.78, 5) is 115. The Labute approximate surface area is 648 Å². The molecule has 4 atom stereocenters. The number of aromatic nitrogens is 10. The van der Waals surface area contributed by atoms with Crippen molar-refractivity contribution in [3.8, 4) is 0 Å². The number of benzene rings is 2. The largest absolute Gasteiger partial charge is 0.550 e. The molecule has 0 fully saturated rings. The average molecular weight is 1590 g/mol. The van der Waals surface area contributed by atoms with Gasteiger partial charge in [-0.25, -0.2) is 65.6 Å². The lowest BCUT2D eigenvalue weighted by atomic mass is 9.79. The lowest BCUT2D eigenvalue weighted by molar-refractivity contribution is -0.305. The van der Waals surface area contributed by atoms with Gasteiger partial charge in [-0.3, -0.25) is 33.6 Å². The fraction of sp³-hybridized carbons (Fsp3) is 0.590. The Kier molecular flexibility index (Phi) is 47.1. The molecule has 620 valence electrons. The Morgan fingerprint density at radius 1 is 0.420 bits per heavy atom. The van der Waals surface area contributed by atoms with Crippen molar-refractivity contribution in [1.29, 1.82) is 0 Å². The Morgan fingerprint density at radius 2 is 0.741 bits per heavy atom. The zero-order valence-corrected chi connectivity index (χ0v) is 64.6. The highest BCUT2D eigenvalue weighted by molar-refractivity contribution is 5.77. The minimum absolute atomic E-state index is 0.0960. The SMILES string of the molecule is CCCCCCCC(=O)OCC(COC(=O)CCCCCCC)OC(=O)CCC(=O)O.CCCCCCCC(=O)OCC(COC(=O)CCCCCCC)OC(=O)CCC(=O)[O-].C[C@@H](c1ncncc1F)[C@](O)(Cn1cncn1)c1ccc(F)cc1F.C[C@@H](c1ncncc1F)[C@](O)(Cn1cncn1)c1ccc(F)cc1F. The van der Waals surface area contributed by atoms with E-state index in [0.717, 1.165) is 178 Å². The molecule has 0 spiro atoms. The van der Waals surface area contributed by atoms with Crippen LogP contribution in [0.3, 0.4) is 0 Å². The Morgan fingerprint density at radius 3 is 1.02 bits per heavy atom. The van der Waals surface area contributed by atoms with Crippen LogP contribution in [0.2, 0.25) is 0 Å². The molecule has 0 aliphatic rings. The minimum Gasteiger partial charge on any atom is -0.550 e. The second-order valence-corrected chi connectivity index (χ2v) is 26.6. The summed E-state index contributed by atoms with van der Waals surface area (Å²) in [5.74, 6) is -12.5. The molecule has 0 saturated heterocycles. The molecule has 4 heterocycles. The van der Waals surface area contributed by atoms with Crippen molar-refractivity contribution in [2.75, 3.05) is 26.4 Å². The summed E-state index contributed by atoms with van der Waals surface area (Å²) in [6, 6.07) is 5.60. The zero-order chi connectivity index (χ0) is 82.7. The normalized spacial score (nSPS) is 12.6. The molecule has 0 amide bonds. The number of carboxylic acid groups (broad SMARTS) is 2. The van der Waals surface area contributed by atoms with E-state index in [-0.39, 0.29) is 107 Å².